The Morgan fingerprint density at radius 1 is 1.04 bits per heavy atom. The van der Waals surface area contributed by atoms with Gasteiger partial charge < -0.3 is 10.2 Å². The number of rotatable bonds is 13. The molecule has 3 heteroatoms. The zero-order valence-corrected chi connectivity index (χ0v) is 16.3. The van der Waals surface area contributed by atoms with E-state index in [1.807, 2.05) is 11.8 Å². The summed E-state index contributed by atoms with van der Waals surface area (Å²) in [7, 11) is 0. The molecular weight excluding hydrogens is 312 g/mol. The molecule has 0 bridgehead atoms. The first-order chi connectivity index (χ1) is 11.9. The van der Waals surface area contributed by atoms with Crippen LogP contribution in [0.25, 0.3) is 0 Å². The zero-order valence-electron chi connectivity index (χ0n) is 15.5. The molecule has 0 unspecified atom stereocenters. The van der Waals surface area contributed by atoms with E-state index >= 15 is 0 Å². The van der Waals surface area contributed by atoms with Crippen LogP contribution in [-0.4, -0.2) is 43.4 Å². The number of nitrogens with one attached hydrogen (secondary N) is 1. The summed E-state index contributed by atoms with van der Waals surface area (Å²) in [5.41, 5.74) is 0. The van der Waals surface area contributed by atoms with Crippen molar-refractivity contribution >= 4 is 11.8 Å². The first kappa shape index (κ1) is 19.8. The van der Waals surface area contributed by atoms with E-state index in [1.54, 1.807) is 0 Å². The molecular formula is C21H36N2S. The number of nitrogens with zero attached hydrogens (tertiary/aromatic N) is 1. The Hall–Kier alpha value is -0.510. The molecule has 0 aromatic heterocycles. The van der Waals surface area contributed by atoms with Gasteiger partial charge in [0.15, 0.2) is 0 Å². The van der Waals surface area contributed by atoms with E-state index in [1.165, 1.54) is 75.2 Å². The lowest BCUT2D eigenvalue weighted by molar-refractivity contribution is 0.228. The predicted molar refractivity (Wildman–Crippen MR) is 108 cm³/mol. The second-order valence-corrected chi connectivity index (χ2v) is 8.24. The van der Waals surface area contributed by atoms with Gasteiger partial charge >= 0.3 is 0 Å². The van der Waals surface area contributed by atoms with Crippen LogP contribution in [0.1, 0.15) is 51.9 Å². The highest BCUT2D eigenvalue weighted by Crippen LogP contribution is 2.25. The molecule has 0 radical (unpaired) electrons. The SMILES string of the molecule is CCCCN(CCNCCCSc1ccccc1)CC1CCCC1. The third kappa shape index (κ3) is 8.55. The Bertz CT molecular complexity index is 404. The van der Waals surface area contributed by atoms with Gasteiger partial charge in [-0.3, -0.25) is 0 Å². The van der Waals surface area contributed by atoms with Crippen LogP contribution in [0.3, 0.4) is 0 Å². The summed E-state index contributed by atoms with van der Waals surface area (Å²) in [4.78, 5) is 4.10. The van der Waals surface area contributed by atoms with Crippen LogP contribution >= 0.6 is 11.8 Å². The fourth-order valence-corrected chi connectivity index (χ4v) is 4.37. The fraction of sp³-hybridized carbons (Fsp3) is 0.714. The zero-order chi connectivity index (χ0) is 16.9. The molecule has 0 atom stereocenters. The van der Waals surface area contributed by atoms with Crippen molar-refractivity contribution in [2.45, 2.75) is 56.8 Å². The molecule has 1 aromatic rings. The standard InChI is InChI=1S/C21H36N2S/c1-2-3-16-23(19-20-10-7-8-11-20)17-15-22-14-9-18-24-21-12-5-4-6-13-21/h4-6,12-13,20,22H,2-3,7-11,14-19H2,1H3. The normalized spacial score (nSPS) is 15.4. The molecule has 1 aromatic carbocycles. The van der Waals surface area contributed by atoms with E-state index in [9.17, 15) is 0 Å². The molecule has 0 saturated heterocycles. The summed E-state index contributed by atoms with van der Waals surface area (Å²) in [5.74, 6) is 2.18. The second-order valence-electron chi connectivity index (χ2n) is 7.07. The first-order valence-corrected chi connectivity index (χ1v) is 11.0. The fourth-order valence-electron chi connectivity index (χ4n) is 3.50. The summed E-state index contributed by atoms with van der Waals surface area (Å²) >= 11 is 1.97. The smallest absolute Gasteiger partial charge is 0.0107 e. The highest BCUT2D eigenvalue weighted by atomic mass is 32.2. The van der Waals surface area contributed by atoms with E-state index in [2.05, 4.69) is 47.5 Å². The second kappa shape index (κ2) is 12.8. The van der Waals surface area contributed by atoms with E-state index < -0.39 is 0 Å². The molecule has 136 valence electrons. The van der Waals surface area contributed by atoms with Crippen molar-refractivity contribution in [1.82, 2.24) is 10.2 Å². The minimum Gasteiger partial charge on any atom is -0.315 e. The molecule has 1 aliphatic rings. The highest BCUT2D eigenvalue weighted by Gasteiger charge is 2.17. The Kier molecular flexibility index (Phi) is 10.6. The van der Waals surface area contributed by atoms with Crippen LogP contribution in [-0.2, 0) is 0 Å². The minimum atomic E-state index is 0.976. The monoisotopic (exact) mass is 348 g/mol. The summed E-state index contributed by atoms with van der Waals surface area (Å²) in [6.45, 7) is 8.44. The summed E-state index contributed by atoms with van der Waals surface area (Å²) in [6.07, 6.45) is 9.76. The molecule has 1 saturated carbocycles. The predicted octanol–water partition coefficient (Wildman–Crippen LogP) is 5.05. The molecule has 24 heavy (non-hydrogen) atoms. The molecule has 2 nitrogen and oxygen atoms in total. The van der Waals surface area contributed by atoms with Gasteiger partial charge in [-0.15, -0.1) is 11.8 Å². The topological polar surface area (TPSA) is 15.3 Å². The lowest BCUT2D eigenvalue weighted by Gasteiger charge is -2.25. The summed E-state index contributed by atoms with van der Waals surface area (Å²) < 4.78 is 0. The van der Waals surface area contributed by atoms with Crippen molar-refractivity contribution in [3.05, 3.63) is 30.3 Å². The average molecular weight is 349 g/mol. The van der Waals surface area contributed by atoms with Gasteiger partial charge in [-0.05, 0) is 62.6 Å². The van der Waals surface area contributed by atoms with Gasteiger partial charge in [0.2, 0.25) is 0 Å². The Balaban J connectivity index is 1.51. The Morgan fingerprint density at radius 3 is 2.58 bits per heavy atom. The van der Waals surface area contributed by atoms with Crippen molar-refractivity contribution in [3.8, 4) is 0 Å². The molecule has 2 rings (SSSR count). The highest BCUT2D eigenvalue weighted by molar-refractivity contribution is 7.99. The van der Waals surface area contributed by atoms with Crippen molar-refractivity contribution in [2.75, 3.05) is 38.5 Å². The number of benzene rings is 1. The summed E-state index contributed by atoms with van der Waals surface area (Å²) in [6, 6.07) is 10.7. The van der Waals surface area contributed by atoms with Gasteiger partial charge in [0.1, 0.15) is 0 Å². The molecule has 1 fully saturated rings. The molecule has 1 aliphatic carbocycles. The van der Waals surface area contributed by atoms with Crippen LogP contribution in [0.15, 0.2) is 35.2 Å². The number of unbranched alkanes of at least 4 members (excludes halogenated alkanes) is 1. The quantitative estimate of drug-likeness (QED) is 0.397. The van der Waals surface area contributed by atoms with E-state index in [4.69, 9.17) is 0 Å². The van der Waals surface area contributed by atoms with E-state index in [0.717, 1.165) is 19.0 Å². The van der Waals surface area contributed by atoms with Crippen molar-refractivity contribution in [1.29, 1.82) is 0 Å². The van der Waals surface area contributed by atoms with Crippen LogP contribution in [0.5, 0.6) is 0 Å². The lowest BCUT2D eigenvalue weighted by Crippen LogP contribution is -2.36. The average Bonchev–Trinajstić information content (AvgIpc) is 3.12. The number of hydrogen-bond acceptors (Lipinski definition) is 3. The Labute approximate surface area is 153 Å². The molecule has 0 heterocycles. The van der Waals surface area contributed by atoms with Crippen LogP contribution in [0, 0.1) is 5.92 Å². The van der Waals surface area contributed by atoms with Crippen molar-refractivity contribution in [3.63, 3.8) is 0 Å². The van der Waals surface area contributed by atoms with Gasteiger partial charge in [0.05, 0.1) is 0 Å². The number of thioether (sulfide) groups is 1. The van der Waals surface area contributed by atoms with E-state index in [0.29, 0.717) is 0 Å². The van der Waals surface area contributed by atoms with Gasteiger partial charge in [-0.25, -0.2) is 0 Å². The van der Waals surface area contributed by atoms with Gasteiger partial charge in [0, 0.05) is 24.5 Å². The van der Waals surface area contributed by atoms with Gasteiger partial charge in [0.25, 0.3) is 0 Å². The molecule has 0 aliphatic heterocycles. The lowest BCUT2D eigenvalue weighted by atomic mass is 10.1. The largest absolute Gasteiger partial charge is 0.315 e. The molecule has 0 amide bonds. The maximum Gasteiger partial charge on any atom is 0.0107 e. The van der Waals surface area contributed by atoms with E-state index in [-0.39, 0.29) is 0 Å². The van der Waals surface area contributed by atoms with Gasteiger partial charge in [-0.2, -0.15) is 0 Å². The van der Waals surface area contributed by atoms with Gasteiger partial charge in [-0.1, -0.05) is 44.4 Å². The van der Waals surface area contributed by atoms with Crippen LogP contribution in [0.4, 0.5) is 0 Å². The number of hydrogen-bond donors (Lipinski definition) is 1. The third-order valence-corrected chi connectivity index (χ3v) is 6.03. The van der Waals surface area contributed by atoms with Crippen LogP contribution in [0.2, 0.25) is 0 Å². The van der Waals surface area contributed by atoms with Crippen molar-refractivity contribution < 1.29 is 0 Å². The Morgan fingerprint density at radius 2 is 1.83 bits per heavy atom. The third-order valence-electron chi connectivity index (χ3n) is 4.93. The minimum absolute atomic E-state index is 0.976. The maximum absolute atomic E-state index is 3.65. The maximum atomic E-state index is 3.65. The van der Waals surface area contributed by atoms with Crippen molar-refractivity contribution in [2.24, 2.45) is 5.92 Å². The summed E-state index contributed by atoms with van der Waals surface area (Å²) in [5, 5.41) is 3.65. The first-order valence-electron chi connectivity index (χ1n) is 9.99. The molecule has 1 N–H and O–H groups in total. The van der Waals surface area contributed by atoms with Crippen LogP contribution < -0.4 is 5.32 Å². The molecule has 0 spiro atoms.